The van der Waals surface area contributed by atoms with Gasteiger partial charge in [-0.25, -0.2) is 0 Å². The van der Waals surface area contributed by atoms with Crippen LogP contribution in [0.2, 0.25) is 0 Å². The molecule has 4 rings (SSSR count). The highest BCUT2D eigenvalue weighted by atomic mass is 32.2. The smallest absolute Gasteiger partial charge is 0.236 e. The van der Waals surface area contributed by atoms with E-state index in [0.29, 0.717) is 6.10 Å². The molecule has 0 spiro atoms. The van der Waals surface area contributed by atoms with E-state index in [2.05, 4.69) is 43.4 Å². The van der Waals surface area contributed by atoms with Crippen molar-refractivity contribution in [3.63, 3.8) is 0 Å². The van der Waals surface area contributed by atoms with Gasteiger partial charge in [0.15, 0.2) is 5.16 Å². The van der Waals surface area contributed by atoms with Gasteiger partial charge in [-0.15, -0.1) is 10.2 Å². The predicted molar refractivity (Wildman–Crippen MR) is 83.8 cm³/mol. The Morgan fingerprint density at radius 2 is 2.10 bits per heavy atom. The van der Waals surface area contributed by atoms with E-state index in [9.17, 15) is 0 Å². The van der Waals surface area contributed by atoms with Crippen LogP contribution in [0.1, 0.15) is 19.3 Å². The summed E-state index contributed by atoms with van der Waals surface area (Å²) >= 11 is 1.74. The number of ether oxygens (including phenoxy) is 1. The topological polar surface area (TPSA) is 44.4 Å². The minimum Gasteiger partial charge on any atom is -0.377 e. The number of hydrogen-bond acceptors (Lipinski definition) is 4. The molecule has 1 aromatic carbocycles. The van der Waals surface area contributed by atoms with Gasteiger partial charge in [-0.05, 0) is 31.4 Å². The van der Waals surface area contributed by atoms with Crippen molar-refractivity contribution < 1.29 is 4.74 Å². The Balaban J connectivity index is 1.67. The van der Waals surface area contributed by atoms with Crippen molar-refractivity contribution in [2.75, 3.05) is 12.4 Å². The number of rotatable bonds is 3. The SMILES string of the molecule is Cn1c2ccccc2n2c(SC[C@@H]3CCCCO3)nnc12. The Labute approximate surface area is 127 Å². The van der Waals surface area contributed by atoms with Gasteiger partial charge in [0.05, 0.1) is 17.1 Å². The summed E-state index contributed by atoms with van der Waals surface area (Å²) in [6.07, 6.45) is 3.98. The molecule has 21 heavy (non-hydrogen) atoms. The first-order valence-electron chi connectivity index (χ1n) is 7.37. The number of hydrogen-bond donors (Lipinski definition) is 0. The zero-order valence-electron chi connectivity index (χ0n) is 12.0. The van der Waals surface area contributed by atoms with Crippen LogP contribution < -0.4 is 0 Å². The van der Waals surface area contributed by atoms with Crippen molar-refractivity contribution in [1.29, 1.82) is 0 Å². The summed E-state index contributed by atoms with van der Waals surface area (Å²) < 4.78 is 10.0. The lowest BCUT2D eigenvalue weighted by molar-refractivity contribution is 0.0315. The molecular formula is C15H18N4OS. The van der Waals surface area contributed by atoms with Crippen molar-refractivity contribution in [2.45, 2.75) is 30.5 Å². The minimum absolute atomic E-state index is 0.353. The second kappa shape index (κ2) is 5.35. The van der Waals surface area contributed by atoms with Gasteiger partial charge in [-0.3, -0.25) is 4.40 Å². The van der Waals surface area contributed by atoms with Crippen LogP contribution in [0.4, 0.5) is 0 Å². The van der Waals surface area contributed by atoms with E-state index in [1.807, 2.05) is 7.05 Å². The van der Waals surface area contributed by atoms with E-state index in [0.717, 1.165) is 35.2 Å². The van der Waals surface area contributed by atoms with Crippen LogP contribution in [0.5, 0.6) is 0 Å². The van der Waals surface area contributed by atoms with Gasteiger partial charge in [-0.1, -0.05) is 23.9 Å². The van der Waals surface area contributed by atoms with E-state index in [4.69, 9.17) is 4.74 Å². The molecule has 1 saturated heterocycles. The molecule has 1 atom stereocenters. The number of aryl methyl sites for hydroxylation is 1. The molecule has 0 N–H and O–H groups in total. The first-order valence-corrected chi connectivity index (χ1v) is 8.36. The average Bonchev–Trinajstić information content (AvgIpc) is 3.07. The summed E-state index contributed by atoms with van der Waals surface area (Å²) in [5, 5.41) is 9.64. The fraction of sp³-hybridized carbons (Fsp3) is 0.467. The number of nitrogens with zero attached hydrogens (tertiary/aromatic N) is 4. The normalized spacial score (nSPS) is 19.6. The maximum atomic E-state index is 5.80. The highest BCUT2D eigenvalue weighted by Crippen LogP contribution is 2.27. The largest absolute Gasteiger partial charge is 0.377 e. The fourth-order valence-corrected chi connectivity index (χ4v) is 3.94. The highest BCUT2D eigenvalue weighted by molar-refractivity contribution is 7.99. The van der Waals surface area contributed by atoms with Gasteiger partial charge in [-0.2, -0.15) is 0 Å². The Bertz CT molecular complexity index is 773. The van der Waals surface area contributed by atoms with Crippen molar-refractivity contribution in [2.24, 2.45) is 7.05 Å². The lowest BCUT2D eigenvalue weighted by Crippen LogP contribution is -2.21. The first kappa shape index (κ1) is 13.2. The molecule has 0 bridgehead atoms. The van der Waals surface area contributed by atoms with E-state index in [-0.39, 0.29) is 0 Å². The van der Waals surface area contributed by atoms with Crippen molar-refractivity contribution in [3.8, 4) is 0 Å². The van der Waals surface area contributed by atoms with Crippen LogP contribution in [0.15, 0.2) is 29.4 Å². The molecule has 5 nitrogen and oxygen atoms in total. The van der Waals surface area contributed by atoms with Gasteiger partial charge in [0.2, 0.25) is 5.78 Å². The van der Waals surface area contributed by atoms with Crippen molar-refractivity contribution >= 4 is 28.6 Å². The summed E-state index contributed by atoms with van der Waals surface area (Å²) in [6.45, 7) is 0.898. The molecule has 3 aromatic rings. The minimum atomic E-state index is 0.353. The van der Waals surface area contributed by atoms with Gasteiger partial charge in [0.1, 0.15) is 0 Å². The number of imidazole rings is 1. The quantitative estimate of drug-likeness (QED) is 0.698. The second-order valence-electron chi connectivity index (χ2n) is 5.47. The van der Waals surface area contributed by atoms with Crippen LogP contribution in [0.3, 0.4) is 0 Å². The summed E-state index contributed by atoms with van der Waals surface area (Å²) in [4.78, 5) is 0. The molecule has 0 amide bonds. The number of para-hydroxylation sites is 2. The lowest BCUT2D eigenvalue weighted by atomic mass is 10.1. The van der Waals surface area contributed by atoms with Crippen LogP contribution in [-0.2, 0) is 11.8 Å². The molecule has 0 saturated carbocycles. The maximum Gasteiger partial charge on any atom is 0.236 e. The lowest BCUT2D eigenvalue weighted by Gasteiger charge is -2.21. The molecule has 0 aliphatic carbocycles. The van der Waals surface area contributed by atoms with E-state index in [1.54, 1.807) is 11.8 Å². The molecule has 2 aromatic heterocycles. The van der Waals surface area contributed by atoms with Crippen molar-refractivity contribution in [3.05, 3.63) is 24.3 Å². The van der Waals surface area contributed by atoms with Gasteiger partial charge >= 0.3 is 0 Å². The number of benzene rings is 1. The summed E-state index contributed by atoms with van der Waals surface area (Å²) in [6, 6.07) is 8.34. The van der Waals surface area contributed by atoms with E-state index in [1.165, 1.54) is 18.4 Å². The standard InChI is InChI=1S/C15H18N4OS/c1-18-12-7-2-3-8-13(12)19-14(18)16-17-15(19)21-10-11-6-4-5-9-20-11/h2-3,7-8,11H,4-6,9-10H2,1H3/t11-/m0/s1. The first-order chi connectivity index (χ1) is 10.3. The Morgan fingerprint density at radius 1 is 1.24 bits per heavy atom. The molecule has 1 aliphatic heterocycles. The Hall–Kier alpha value is -1.53. The highest BCUT2D eigenvalue weighted by Gasteiger charge is 2.18. The van der Waals surface area contributed by atoms with Crippen LogP contribution in [0, 0.1) is 0 Å². The third-order valence-electron chi connectivity index (χ3n) is 4.07. The number of thioether (sulfide) groups is 1. The molecule has 1 aliphatic rings. The Morgan fingerprint density at radius 3 is 2.90 bits per heavy atom. The molecule has 110 valence electrons. The van der Waals surface area contributed by atoms with E-state index < -0.39 is 0 Å². The third-order valence-corrected chi connectivity index (χ3v) is 5.13. The van der Waals surface area contributed by atoms with Crippen molar-refractivity contribution in [1.82, 2.24) is 19.2 Å². The average molecular weight is 302 g/mol. The zero-order chi connectivity index (χ0) is 14.2. The molecule has 0 unspecified atom stereocenters. The molecule has 3 heterocycles. The summed E-state index contributed by atoms with van der Waals surface area (Å²) in [5.41, 5.74) is 2.34. The van der Waals surface area contributed by atoms with Crippen LogP contribution in [0.25, 0.3) is 16.8 Å². The monoisotopic (exact) mass is 302 g/mol. The van der Waals surface area contributed by atoms with Gasteiger partial charge in [0, 0.05) is 19.4 Å². The third kappa shape index (κ3) is 2.22. The number of fused-ring (bicyclic) bond motifs is 3. The fourth-order valence-electron chi connectivity index (χ4n) is 2.93. The summed E-state index contributed by atoms with van der Waals surface area (Å²) in [7, 11) is 2.03. The maximum absolute atomic E-state index is 5.80. The van der Waals surface area contributed by atoms with Crippen LogP contribution in [-0.4, -0.2) is 37.6 Å². The van der Waals surface area contributed by atoms with Gasteiger partial charge < -0.3 is 9.30 Å². The predicted octanol–water partition coefficient (Wildman–Crippen LogP) is 2.88. The van der Waals surface area contributed by atoms with Crippen LogP contribution >= 0.6 is 11.8 Å². The molecule has 6 heteroatoms. The Kier molecular flexibility index (Phi) is 3.35. The molecular weight excluding hydrogens is 284 g/mol. The van der Waals surface area contributed by atoms with Gasteiger partial charge in [0.25, 0.3) is 0 Å². The number of aromatic nitrogens is 4. The zero-order valence-corrected chi connectivity index (χ0v) is 12.8. The van der Waals surface area contributed by atoms with E-state index >= 15 is 0 Å². The summed E-state index contributed by atoms with van der Waals surface area (Å²) in [5.74, 6) is 1.84. The molecule has 1 fully saturated rings. The second-order valence-corrected chi connectivity index (χ2v) is 6.45. The molecule has 0 radical (unpaired) electrons.